The quantitative estimate of drug-likeness (QED) is 0.706. The Morgan fingerprint density at radius 1 is 0.923 bits per heavy atom. The monoisotopic (exact) mass is 350 g/mol. The van der Waals surface area contributed by atoms with Crippen molar-refractivity contribution in [3.63, 3.8) is 0 Å². The molecule has 1 aromatic heterocycles. The molecule has 132 valence electrons. The summed E-state index contributed by atoms with van der Waals surface area (Å²) in [4.78, 5) is 24.3. The topological polar surface area (TPSA) is 80.6 Å². The van der Waals surface area contributed by atoms with Gasteiger partial charge < -0.3 is 19.8 Å². The molecule has 0 spiro atoms. The van der Waals surface area contributed by atoms with Crippen molar-refractivity contribution in [2.75, 3.05) is 10.6 Å². The van der Waals surface area contributed by atoms with Crippen molar-refractivity contribution < 1.29 is 18.7 Å². The smallest absolute Gasteiger partial charge is 0.291 e. The molecule has 0 unspecified atom stereocenters. The Morgan fingerprint density at radius 2 is 1.65 bits per heavy atom. The summed E-state index contributed by atoms with van der Waals surface area (Å²) >= 11 is 0. The minimum absolute atomic E-state index is 0.212. The predicted octanol–water partition coefficient (Wildman–Crippen LogP) is 3.94. The van der Waals surface area contributed by atoms with Crippen LogP contribution in [0.1, 0.15) is 17.5 Å². The number of amides is 2. The van der Waals surface area contributed by atoms with Gasteiger partial charge >= 0.3 is 0 Å². The van der Waals surface area contributed by atoms with E-state index in [4.69, 9.17) is 9.15 Å². The Hall–Kier alpha value is -3.54. The first-order valence-electron chi connectivity index (χ1n) is 8.09. The molecule has 0 bridgehead atoms. The van der Waals surface area contributed by atoms with E-state index >= 15 is 0 Å². The van der Waals surface area contributed by atoms with Crippen LogP contribution in [0.5, 0.6) is 5.75 Å². The van der Waals surface area contributed by atoms with Crippen molar-refractivity contribution in [3.05, 3.63) is 78.8 Å². The highest BCUT2D eigenvalue weighted by Crippen LogP contribution is 2.17. The molecule has 0 aliphatic heterocycles. The standard InChI is InChI=1S/C20H18N2O4/c1-14(26-17-9-3-2-4-10-17)19(23)21-15-7-5-8-16(13-15)22-20(24)18-11-6-12-25-18/h2-14H,1H3,(H,21,23)(H,22,24)/t14-/m1/s1. The van der Waals surface area contributed by atoms with E-state index in [1.165, 1.54) is 6.26 Å². The van der Waals surface area contributed by atoms with E-state index in [2.05, 4.69) is 10.6 Å². The van der Waals surface area contributed by atoms with Crippen LogP contribution in [0, 0.1) is 0 Å². The molecule has 1 atom stereocenters. The molecule has 0 saturated carbocycles. The fourth-order valence-corrected chi connectivity index (χ4v) is 2.28. The van der Waals surface area contributed by atoms with Crippen molar-refractivity contribution in [1.82, 2.24) is 0 Å². The fraction of sp³-hybridized carbons (Fsp3) is 0.100. The second kappa shape index (κ2) is 8.02. The normalized spacial score (nSPS) is 11.4. The number of para-hydroxylation sites is 1. The second-order valence-corrected chi connectivity index (χ2v) is 5.57. The number of anilines is 2. The number of hydrogen-bond acceptors (Lipinski definition) is 4. The first kappa shape index (κ1) is 17.3. The Balaban J connectivity index is 1.61. The van der Waals surface area contributed by atoms with Gasteiger partial charge in [-0.15, -0.1) is 0 Å². The van der Waals surface area contributed by atoms with Crippen molar-refractivity contribution in [2.24, 2.45) is 0 Å². The van der Waals surface area contributed by atoms with E-state index in [0.29, 0.717) is 17.1 Å². The number of nitrogens with one attached hydrogen (secondary N) is 2. The van der Waals surface area contributed by atoms with Gasteiger partial charge in [-0.1, -0.05) is 24.3 Å². The van der Waals surface area contributed by atoms with Gasteiger partial charge in [0.1, 0.15) is 5.75 Å². The number of hydrogen-bond donors (Lipinski definition) is 2. The number of carbonyl (C=O) groups is 2. The van der Waals surface area contributed by atoms with Crippen LogP contribution in [0.15, 0.2) is 77.4 Å². The SMILES string of the molecule is C[C@@H](Oc1ccccc1)C(=O)Nc1cccc(NC(=O)c2ccco2)c1. The minimum Gasteiger partial charge on any atom is -0.481 e. The molecule has 2 amide bonds. The molecule has 6 nitrogen and oxygen atoms in total. The summed E-state index contributed by atoms with van der Waals surface area (Å²) < 4.78 is 10.6. The maximum Gasteiger partial charge on any atom is 0.291 e. The van der Waals surface area contributed by atoms with Crippen LogP contribution in [-0.2, 0) is 4.79 Å². The summed E-state index contributed by atoms with van der Waals surface area (Å²) in [5.74, 6) is 0.182. The molecule has 1 heterocycles. The van der Waals surface area contributed by atoms with Crippen molar-refractivity contribution in [3.8, 4) is 5.75 Å². The van der Waals surface area contributed by atoms with Crippen molar-refractivity contribution in [1.29, 1.82) is 0 Å². The summed E-state index contributed by atoms with van der Waals surface area (Å²) in [6.07, 6.45) is 0.762. The average molecular weight is 350 g/mol. The highest BCUT2D eigenvalue weighted by Gasteiger charge is 2.15. The molecule has 6 heteroatoms. The number of carbonyl (C=O) groups excluding carboxylic acids is 2. The molecule has 0 radical (unpaired) electrons. The zero-order valence-corrected chi connectivity index (χ0v) is 14.1. The summed E-state index contributed by atoms with van der Waals surface area (Å²) in [6, 6.07) is 19.2. The Bertz CT molecular complexity index is 876. The second-order valence-electron chi connectivity index (χ2n) is 5.57. The van der Waals surface area contributed by atoms with Crippen LogP contribution in [0.2, 0.25) is 0 Å². The summed E-state index contributed by atoms with van der Waals surface area (Å²) in [5.41, 5.74) is 1.09. The molecule has 0 fully saturated rings. The number of ether oxygens (including phenoxy) is 1. The maximum absolute atomic E-state index is 12.3. The van der Waals surface area contributed by atoms with Gasteiger partial charge in [-0.25, -0.2) is 0 Å². The van der Waals surface area contributed by atoms with E-state index in [9.17, 15) is 9.59 Å². The Morgan fingerprint density at radius 3 is 2.35 bits per heavy atom. The highest BCUT2D eigenvalue weighted by molar-refractivity contribution is 6.02. The lowest BCUT2D eigenvalue weighted by atomic mass is 10.2. The minimum atomic E-state index is -0.668. The van der Waals surface area contributed by atoms with Crippen molar-refractivity contribution >= 4 is 23.2 Å². The van der Waals surface area contributed by atoms with E-state index in [0.717, 1.165) is 0 Å². The van der Waals surface area contributed by atoms with Gasteiger partial charge in [-0.2, -0.15) is 0 Å². The third-order valence-corrected chi connectivity index (χ3v) is 3.56. The molecule has 0 aliphatic carbocycles. The van der Waals surface area contributed by atoms with Crippen LogP contribution in [-0.4, -0.2) is 17.9 Å². The molecule has 0 aliphatic rings. The average Bonchev–Trinajstić information content (AvgIpc) is 3.17. The van der Waals surface area contributed by atoms with Gasteiger partial charge in [-0.05, 0) is 49.4 Å². The molecule has 3 rings (SSSR count). The third-order valence-electron chi connectivity index (χ3n) is 3.56. The molecule has 2 N–H and O–H groups in total. The lowest BCUT2D eigenvalue weighted by Crippen LogP contribution is -2.30. The van der Waals surface area contributed by atoms with Crippen LogP contribution in [0.3, 0.4) is 0 Å². The number of benzene rings is 2. The summed E-state index contributed by atoms with van der Waals surface area (Å²) in [6.45, 7) is 1.67. The van der Waals surface area contributed by atoms with Gasteiger partial charge in [0.05, 0.1) is 6.26 Å². The van der Waals surface area contributed by atoms with Gasteiger partial charge in [0, 0.05) is 11.4 Å². The van der Waals surface area contributed by atoms with Crippen LogP contribution in [0.4, 0.5) is 11.4 Å². The highest BCUT2D eigenvalue weighted by atomic mass is 16.5. The van der Waals surface area contributed by atoms with E-state index in [1.54, 1.807) is 55.5 Å². The first-order chi connectivity index (χ1) is 12.6. The van der Waals surface area contributed by atoms with E-state index in [-0.39, 0.29) is 17.6 Å². The molecular formula is C20H18N2O4. The first-order valence-corrected chi connectivity index (χ1v) is 8.09. The summed E-state index contributed by atoms with van der Waals surface area (Å²) in [5, 5.41) is 5.48. The third kappa shape index (κ3) is 4.51. The maximum atomic E-state index is 12.3. The van der Waals surface area contributed by atoms with Crippen LogP contribution >= 0.6 is 0 Å². The van der Waals surface area contributed by atoms with Crippen LogP contribution < -0.4 is 15.4 Å². The lowest BCUT2D eigenvalue weighted by molar-refractivity contribution is -0.122. The van der Waals surface area contributed by atoms with Crippen LogP contribution in [0.25, 0.3) is 0 Å². The molecule has 2 aromatic carbocycles. The molecule has 0 saturated heterocycles. The Labute approximate surface area is 150 Å². The molecule has 3 aromatic rings. The Kier molecular flexibility index (Phi) is 5.34. The number of furan rings is 1. The zero-order chi connectivity index (χ0) is 18.4. The largest absolute Gasteiger partial charge is 0.481 e. The van der Waals surface area contributed by atoms with Gasteiger partial charge in [0.2, 0.25) is 0 Å². The van der Waals surface area contributed by atoms with Crippen molar-refractivity contribution in [2.45, 2.75) is 13.0 Å². The van der Waals surface area contributed by atoms with E-state index in [1.807, 2.05) is 18.2 Å². The van der Waals surface area contributed by atoms with Gasteiger partial charge in [-0.3, -0.25) is 9.59 Å². The zero-order valence-electron chi connectivity index (χ0n) is 14.1. The van der Waals surface area contributed by atoms with Gasteiger partial charge in [0.15, 0.2) is 11.9 Å². The molecule has 26 heavy (non-hydrogen) atoms. The predicted molar refractivity (Wildman–Crippen MR) is 98.3 cm³/mol. The molecular weight excluding hydrogens is 332 g/mol. The number of rotatable bonds is 6. The van der Waals surface area contributed by atoms with E-state index < -0.39 is 6.10 Å². The lowest BCUT2D eigenvalue weighted by Gasteiger charge is -2.15. The van der Waals surface area contributed by atoms with Gasteiger partial charge in [0.25, 0.3) is 11.8 Å². The summed E-state index contributed by atoms with van der Waals surface area (Å²) in [7, 11) is 0. The fourth-order valence-electron chi connectivity index (χ4n) is 2.28.